The van der Waals surface area contributed by atoms with Crippen molar-refractivity contribution in [3.05, 3.63) is 124 Å². The maximum absolute atomic E-state index is 13.0. The van der Waals surface area contributed by atoms with Crippen LogP contribution in [0.3, 0.4) is 0 Å². The van der Waals surface area contributed by atoms with Gasteiger partial charge in [0, 0.05) is 39.3 Å². The fraction of sp³-hybridized carbons (Fsp3) is 0.152. The highest BCUT2D eigenvalue weighted by molar-refractivity contribution is 6.28. The van der Waals surface area contributed by atoms with Gasteiger partial charge in [0.25, 0.3) is 5.91 Å². The monoisotopic (exact) mass is 529 g/mol. The molecule has 6 rings (SSSR count). The Kier molecular flexibility index (Phi) is 6.07. The molecule has 40 heavy (non-hydrogen) atoms. The molecule has 0 unspecified atom stereocenters. The number of rotatable bonds is 5. The second-order valence-electron chi connectivity index (χ2n) is 10.9. The molecule has 2 N–H and O–H groups in total. The minimum atomic E-state index is -0.239. The van der Waals surface area contributed by atoms with Gasteiger partial charge < -0.3 is 10.1 Å². The van der Waals surface area contributed by atoms with E-state index < -0.39 is 0 Å². The van der Waals surface area contributed by atoms with Crippen LogP contribution in [0.15, 0.2) is 84.9 Å². The second kappa shape index (κ2) is 9.61. The topological polar surface area (TPSA) is 101 Å². The van der Waals surface area contributed by atoms with E-state index in [1.807, 2.05) is 30.3 Å². The number of aromatic nitrogens is 2. The van der Waals surface area contributed by atoms with Gasteiger partial charge >= 0.3 is 0 Å². The third kappa shape index (κ3) is 4.56. The molecule has 0 atom stereocenters. The Bertz CT molecular complexity index is 1810. The molecule has 5 aromatic rings. The number of hydrogen-bond donors (Lipinski definition) is 2. The van der Waals surface area contributed by atoms with E-state index >= 15 is 0 Å². The number of benzene rings is 4. The van der Waals surface area contributed by atoms with Crippen molar-refractivity contribution in [3.63, 3.8) is 0 Å². The van der Waals surface area contributed by atoms with Gasteiger partial charge in [-0.15, -0.1) is 0 Å². The van der Waals surface area contributed by atoms with Crippen molar-refractivity contribution in [1.29, 1.82) is 0 Å². The molecule has 0 saturated heterocycles. The number of anilines is 1. The quantitative estimate of drug-likeness (QED) is 0.267. The molecule has 0 radical (unpaired) electrons. The minimum Gasteiger partial charge on any atom is -0.489 e. The Labute approximate surface area is 231 Å². The lowest BCUT2D eigenvalue weighted by Gasteiger charge is -2.19. The molecular weight excluding hydrogens is 502 g/mol. The highest BCUT2D eigenvalue weighted by Crippen LogP contribution is 2.29. The summed E-state index contributed by atoms with van der Waals surface area (Å²) in [5.41, 5.74) is 4.86. The van der Waals surface area contributed by atoms with E-state index in [1.165, 1.54) is 0 Å². The van der Waals surface area contributed by atoms with Crippen LogP contribution >= 0.6 is 0 Å². The molecule has 7 heteroatoms. The summed E-state index contributed by atoms with van der Waals surface area (Å²) in [6.45, 7) is 6.60. The number of carbonyl (C=O) groups excluding carboxylic acids is 3. The average Bonchev–Trinajstić information content (AvgIpc) is 3.36. The third-order valence-electron chi connectivity index (χ3n) is 7.17. The van der Waals surface area contributed by atoms with Crippen molar-refractivity contribution >= 4 is 34.2 Å². The Balaban J connectivity index is 1.15. The van der Waals surface area contributed by atoms with Crippen LogP contribution in [-0.2, 0) is 12.0 Å². The van der Waals surface area contributed by atoms with Gasteiger partial charge in [-0.1, -0.05) is 63.2 Å². The lowest BCUT2D eigenvalue weighted by molar-refractivity contribution is 0.0979. The summed E-state index contributed by atoms with van der Waals surface area (Å²) in [5, 5.41) is 10.9. The van der Waals surface area contributed by atoms with Crippen molar-refractivity contribution in [1.82, 2.24) is 10.2 Å². The molecule has 4 aromatic carbocycles. The number of aromatic amines is 1. The summed E-state index contributed by atoms with van der Waals surface area (Å²) in [5.74, 6) is 0.483. The number of ether oxygens (including phenoxy) is 1. The first-order valence-corrected chi connectivity index (χ1v) is 13.0. The predicted molar refractivity (Wildman–Crippen MR) is 153 cm³/mol. The molecule has 7 nitrogen and oxygen atoms in total. The van der Waals surface area contributed by atoms with E-state index in [0.29, 0.717) is 44.9 Å². The van der Waals surface area contributed by atoms with E-state index in [9.17, 15) is 14.4 Å². The van der Waals surface area contributed by atoms with Crippen molar-refractivity contribution < 1.29 is 19.1 Å². The summed E-state index contributed by atoms with van der Waals surface area (Å²) >= 11 is 0. The van der Waals surface area contributed by atoms with E-state index in [1.54, 1.807) is 54.6 Å². The van der Waals surface area contributed by atoms with E-state index in [-0.39, 0.29) is 29.5 Å². The van der Waals surface area contributed by atoms with Crippen LogP contribution < -0.4 is 10.1 Å². The summed E-state index contributed by atoms with van der Waals surface area (Å²) in [7, 11) is 0. The summed E-state index contributed by atoms with van der Waals surface area (Å²) in [6.07, 6.45) is 0. The Morgan fingerprint density at radius 3 is 2.20 bits per heavy atom. The molecule has 1 aromatic heterocycles. The van der Waals surface area contributed by atoms with Crippen LogP contribution in [0.5, 0.6) is 5.75 Å². The molecular formula is C33H27N3O4. The normalized spacial score (nSPS) is 12.7. The van der Waals surface area contributed by atoms with Gasteiger partial charge in [-0.2, -0.15) is 5.10 Å². The lowest BCUT2D eigenvalue weighted by atomic mass is 9.83. The Morgan fingerprint density at radius 2 is 1.50 bits per heavy atom. The first kappa shape index (κ1) is 25.2. The number of carbonyl (C=O) groups is 3. The lowest BCUT2D eigenvalue weighted by Crippen LogP contribution is -2.21. The smallest absolute Gasteiger partial charge is 0.256 e. The number of nitrogens with one attached hydrogen (secondary N) is 2. The highest BCUT2D eigenvalue weighted by Gasteiger charge is 2.29. The van der Waals surface area contributed by atoms with E-state index in [0.717, 1.165) is 16.5 Å². The Morgan fingerprint density at radius 1 is 0.825 bits per heavy atom. The maximum atomic E-state index is 13.0. The zero-order valence-corrected chi connectivity index (χ0v) is 22.4. The van der Waals surface area contributed by atoms with Crippen LogP contribution in [0, 0.1) is 0 Å². The zero-order valence-electron chi connectivity index (χ0n) is 22.4. The van der Waals surface area contributed by atoms with Crippen molar-refractivity contribution in [2.45, 2.75) is 32.8 Å². The van der Waals surface area contributed by atoms with Crippen LogP contribution in [0.2, 0.25) is 0 Å². The van der Waals surface area contributed by atoms with Gasteiger partial charge in [-0.05, 0) is 52.9 Å². The number of ketones is 2. The number of nitrogens with zero attached hydrogens (tertiary/aromatic N) is 1. The molecule has 1 aliphatic rings. The Hall–Kier alpha value is -5.04. The number of amides is 1. The van der Waals surface area contributed by atoms with Crippen molar-refractivity contribution in [2.75, 3.05) is 5.32 Å². The fourth-order valence-electron chi connectivity index (χ4n) is 4.89. The number of H-pyrrole nitrogens is 1. The fourth-order valence-corrected chi connectivity index (χ4v) is 4.89. The van der Waals surface area contributed by atoms with E-state index in [4.69, 9.17) is 4.74 Å². The maximum Gasteiger partial charge on any atom is 0.256 e. The van der Waals surface area contributed by atoms with E-state index in [2.05, 4.69) is 36.3 Å². The second-order valence-corrected chi connectivity index (χ2v) is 10.9. The first-order chi connectivity index (χ1) is 19.2. The SMILES string of the molecule is CC(C)(C)c1ccc(C(=O)Nc2n[nH]c3cc(OCc4ccc5c(c4)C(=O)c4ccccc4C5=O)ccc23)cc1. The average molecular weight is 530 g/mol. The number of hydrogen-bond acceptors (Lipinski definition) is 5. The van der Waals surface area contributed by atoms with Gasteiger partial charge in [0.15, 0.2) is 17.4 Å². The molecule has 1 heterocycles. The number of fused-ring (bicyclic) bond motifs is 3. The summed E-state index contributed by atoms with van der Waals surface area (Å²) in [4.78, 5) is 38.7. The summed E-state index contributed by atoms with van der Waals surface area (Å²) < 4.78 is 5.99. The van der Waals surface area contributed by atoms with Gasteiger partial charge in [0.1, 0.15) is 12.4 Å². The van der Waals surface area contributed by atoms with Crippen LogP contribution in [-0.4, -0.2) is 27.7 Å². The largest absolute Gasteiger partial charge is 0.489 e. The standard InChI is InChI=1S/C33H27N3O4/c1-33(2,3)21-11-9-20(10-12-21)32(39)34-31-26-15-13-22(17-28(26)35-36-31)40-18-19-8-14-25-27(16-19)30(38)24-7-5-4-6-23(24)29(25)37/h4-17H,18H2,1-3H3,(H2,34,35,36,39). The van der Waals surface area contributed by atoms with Gasteiger partial charge in [-0.3, -0.25) is 19.5 Å². The highest BCUT2D eigenvalue weighted by atomic mass is 16.5. The van der Waals surface area contributed by atoms with Crippen molar-refractivity contribution in [2.24, 2.45) is 0 Å². The van der Waals surface area contributed by atoms with Crippen molar-refractivity contribution in [3.8, 4) is 5.75 Å². The molecule has 198 valence electrons. The molecule has 1 amide bonds. The minimum absolute atomic E-state index is 0.00971. The first-order valence-electron chi connectivity index (χ1n) is 13.0. The predicted octanol–water partition coefficient (Wildman–Crippen LogP) is 6.47. The van der Waals surface area contributed by atoms with Crippen LogP contribution in [0.4, 0.5) is 5.82 Å². The van der Waals surface area contributed by atoms with Gasteiger partial charge in [0.2, 0.25) is 0 Å². The molecule has 0 spiro atoms. The molecule has 0 saturated carbocycles. The van der Waals surface area contributed by atoms with Gasteiger partial charge in [0.05, 0.1) is 5.52 Å². The van der Waals surface area contributed by atoms with Crippen LogP contribution in [0.25, 0.3) is 10.9 Å². The zero-order chi connectivity index (χ0) is 28.0. The molecule has 0 fully saturated rings. The summed E-state index contributed by atoms with van der Waals surface area (Å²) in [6, 6.07) is 25.1. The molecule has 1 aliphatic carbocycles. The molecule has 0 aliphatic heterocycles. The third-order valence-corrected chi connectivity index (χ3v) is 7.17. The van der Waals surface area contributed by atoms with Gasteiger partial charge in [-0.25, -0.2) is 0 Å². The van der Waals surface area contributed by atoms with Crippen LogP contribution in [0.1, 0.15) is 74.1 Å². The molecule has 0 bridgehead atoms.